The number of aromatic nitrogens is 4. The quantitative estimate of drug-likeness (QED) is 0.380. The minimum absolute atomic E-state index is 0.203. The maximum atomic E-state index is 13.0. The van der Waals surface area contributed by atoms with Gasteiger partial charge in [-0.3, -0.25) is 24.4 Å². The van der Waals surface area contributed by atoms with Gasteiger partial charge in [-0.05, 0) is 24.6 Å². The second-order valence-corrected chi connectivity index (χ2v) is 10.4. The van der Waals surface area contributed by atoms with E-state index in [1.807, 2.05) is 42.5 Å². The Labute approximate surface area is 220 Å². The van der Waals surface area contributed by atoms with E-state index in [2.05, 4.69) is 36.5 Å². The van der Waals surface area contributed by atoms with Gasteiger partial charge in [0.1, 0.15) is 17.1 Å². The number of piperidine rings is 1. The summed E-state index contributed by atoms with van der Waals surface area (Å²) in [5.41, 5.74) is 2.73. The Morgan fingerprint density at radius 3 is 2.58 bits per heavy atom. The Morgan fingerprint density at radius 1 is 1.11 bits per heavy atom. The zero-order valence-corrected chi connectivity index (χ0v) is 21.8. The van der Waals surface area contributed by atoms with Crippen LogP contribution in [0.15, 0.2) is 54.6 Å². The fourth-order valence-electron chi connectivity index (χ4n) is 4.58. The van der Waals surface area contributed by atoms with Crippen molar-refractivity contribution in [1.82, 2.24) is 24.9 Å². The predicted octanol–water partition coefficient (Wildman–Crippen LogP) is 3.59. The number of hydrogen-bond donors (Lipinski definition) is 2. The highest BCUT2D eigenvalue weighted by molar-refractivity contribution is 6.03. The summed E-state index contributed by atoms with van der Waals surface area (Å²) < 4.78 is 9.30. The number of nitrogens with zero attached hydrogens (tertiary/aromatic N) is 4. The van der Waals surface area contributed by atoms with Crippen LogP contribution in [0, 0.1) is 0 Å². The van der Waals surface area contributed by atoms with E-state index in [1.165, 1.54) is 0 Å². The van der Waals surface area contributed by atoms with Gasteiger partial charge in [0.2, 0.25) is 11.8 Å². The van der Waals surface area contributed by atoms with Gasteiger partial charge in [-0.25, -0.2) is 4.68 Å². The Bertz CT molecular complexity index is 1530. The monoisotopic (exact) mass is 514 g/mol. The number of fused-ring (bicyclic) bond motifs is 1. The first-order valence-electron chi connectivity index (χ1n) is 12.5. The van der Waals surface area contributed by atoms with E-state index in [4.69, 9.17) is 9.84 Å². The first kappa shape index (κ1) is 25.2. The van der Waals surface area contributed by atoms with Crippen molar-refractivity contribution in [2.45, 2.75) is 44.9 Å². The Kier molecular flexibility index (Phi) is 6.48. The second kappa shape index (κ2) is 9.77. The molecule has 196 valence electrons. The molecule has 38 heavy (non-hydrogen) atoms. The molecule has 0 spiro atoms. The molecule has 10 nitrogen and oxygen atoms in total. The summed E-state index contributed by atoms with van der Waals surface area (Å²) in [5.74, 6) is -0.467. The molecule has 3 heterocycles. The molecule has 1 aliphatic heterocycles. The molecular weight excluding hydrogens is 484 g/mol. The molecule has 1 saturated heterocycles. The topological polar surface area (TPSA) is 120 Å². The van der Waals surface area contributed by atoms with Gasteiger partial charge in [0, 0.05) is 30.3 Å². The van der Waals surface area contributed by atoms with Gasteiger partial charge in [-0.15, -0.1) is 0 Å². The zero-order chi connectivity index (χ0) is 27.0. The summed E-state index contributed by atoms with van der Waals surface area (Å²) in [7, 11) is 1.76. The fourth-order valence-corrected chi connectivity index (χ4v) is 4.58. The van der Waals surface area contributed by atoms with Crippen molar-refractivity contribution < 1.29 is 19.1 Å². The van der Waals surface area contributed by atoms with Crippen molar-refractivity contribution in [2.75, 3.05) is 11.9 Å². The SMILES string of the molecule is Cn1nc(C2CCC(=O)NC2=O)c2cccc(OCC(=O)Nc3cc(C(C)(C)C)nn3-c3ccccc3)c21. The third kappa shape index (κ3) is 4.89. The van der Waals surface area contributed by atoms with Crippen molar-refractivity contribution in [2.24, 2.45) is 7.05 Å². The Hall–Kier alpha value is -4.47. The molecule has 2 aromatic carbocycles. The Morgan fingerprint density at radius 2 is 1.87 bits per heavy atom. The van der Waals surface area contributed by atoms with Crippen LogP contribution < -0.4 is 15.4 Å². The summed E-state index contributed by atoms with van der Waals surface area (Å²) in [4.78, 5) is 37.0. The summed E-state index contributed by atoms with van der Waals surface area (Å²) in [5, 5.41) is 15.4. The third-order valence-corrected chi connectivity index (χ3v) is 6.53. The summed E-state index contributed by atoms with van der Waals surface area (Å²) in [6, 6.07) is 16.9. The number of hydrogen-bond acceptors (Lipinski definition) is 6. The van der Waals surface area contributed by atoms with Gasteiger partial charge < -0.3 is 10.1 Å². The number of benzene rings is 2. The van der Waals surface area contributed by atoms with Crippen LogP contribution in [0.5, 0.6) is 5.75 Å². The highest BCUT2D eigenvalue weighted by Crippen LogP contribution is 2.34. The van der Waals surface area contributed by atoms with E-state index >= 15 is 0 Å². The van der Waals surface area contributed by atoms with Crippen LogP contribution >= 0.6 is 0 Å². The number of carbonyl (C=O) groups excluding carboxylic acids is 3. The molecule has 0 bridgehead atoms. The third-order valence-electron chi connectivity index (χ3n) is 6.53. The van der Waals surface area contributed by atoms with Crippen LogP contribution in [0.3, 0.4) is 0 Å². The van der Waals surface area contributed by atoms with Gasteiger partial charge in [0.15, 0.2) is 6.61 Å². The van der Waals surface area contributed by atoms with Gasteiger partial charge in [-0.2, -0.15) is 10.2 Å². The number of imide groups is 1. The average molecular weight is 515 g/mol. The summed E-state index contributed by atoms with van der Waals surface area (Å²) in [6.45, 7) is 5.97. The van der Waals surface area contributed by atoms with E-state index in [1.54, 1.807) is 28.5 Å². The molecule has 1 fully saturated rings. The van der Waals surface area contributed by atoms with Crippen molar-refractivity contribution in [3.05, 3.63) is 66.0 Å². The summed E-state index contributed by atoms with van der Waals surface area (Å²) in [6.07, 6.45) is 0.664. The maximum absolute atomic E-state index is 13.0. The Balaban J connectivity index is 1.36. The normalized spacial score (nSPS) is 15.9. The van der Waals surface area contributed by atoms with Crippen LogP contribution in [-0.2, 0) is 26.8 Å². The van der Waals surface area contributed by atoms with Crippen LogP contribution in [0.25, 0.3) is 16.6 Å². The minimum Gasteiger partial charge on any atom is -0.481 e. The van der Waals surface area contributed by atoms with Gasteiger partial charge in [-0.1, -0.05) is 51.1 Å². The number of nitrogens with one attached hydrogen (secondary N) is 2. The molecule has 0 saturated carbocycles. The highest BCUT2D eigenvalue weighted by Gasteiger charge is 2.32. The molecule has 1 aliphatic rings. The fraction of sp³-hybridized carbons (Fsp3) is 0.321. The minimum atomic E-state index is -0.523. The first-order valence-corrected chi connectivity index (χ1v) is 12.5. The van der Waals surface area contributed by atoms with Crippen molar-refractivity contribution in [1.29, 1.82) is 0 Å². The number of para-hydroxylation sites is 2. The van der Waals surface area contributed by atoms with Crippen LogP contribution in [0.4, 0.5) is 5.82 Å². The molecule has 10 heteroatoms. The number of anilines is 1. The lowest BCUT2D eigenvalue weighted by molar-refractivity contribution is -0.134. The number of ether oxygens (including phenoxy) is 1. The van der Waals surface area contributed by atoms with E-state index in [-0.39, 0.29) is 36.2 Å². The number of carbonyl (C=O) groups is 3. The lowest BCUT2D eigenvalue weighted by Gasteiger charge is -2.19. The average Bonchev–Trinajstić information content (AvgIpc) is 3.45. The molecule has 3 amide bonds. The van der Waals surface area contributed by atoms with Crippen molar-refractivity contribution in [3.63, 3.8) is 0 Å². The van der Waals surface area contributed by atoms with Crippen molar-refractivity contribution >= 4 is 34.4 Å². The number of rotatable bonds is 6. The van der Waals surface area contributed by atoms with E-state index in [0.29, 0.717) is 29.2 Å². The molecule has 4 aromatic rings. The predicted molar refractivity (Wildman–Crippen MR) is 142 cm³/mol. The molecule has 0 aliphatic carbocycles. The maximum Gasteiger partial charge on any atom is 0.263 e. The van der Waals surface area contributed by atoms with E-state index in [0.717, 1.165) is 16.8 Å². The lowest BCUT2D eigenvalue weighted by atomic mass is 9.92. The number of aryl methyl sites for hydroxylation is 1. The van der Waals surface area contributed by atoms with Gasteiger partial charge in [0.25, 0.3) is 5.91 Å². The highest BCUT2D eigenvalue weighted by atomic mass is 16.5. The van der Waals surface area contributed by atoms with Crippen molar-refractivity contribution in [3.8, 4) is 11.4 Å². The van der Waals surface area contributed by atoms with Crippen LogP contribution in [-0.4, -0.2) is 43.9 Å². The molecule has 2 aromatic heterocycles. The lowest BCUT2D eigenvalue weighted by Crippen LogP contribution is -2.39. The number of amides is 3. The standard InChI is InChI=1S/C28H30N6O4/c1-28(2,3)21-15-22(34(31-21)17-9-6-5-7-10-17)29-24(36)16-38-20-12-8-11-18-25(32-33(4)26(18)20)19-13-14-23(35)30-27(19)37/h5-12,15,19H,13-14,16H2,1-4H3,(H,29,36)(H,30,35,37). The summed E-state index contributed by atoms with van der Waals surface area (Å²) >= 11 is 0. The zero-order valence-electron chi connectivity index (χ0n) is 21.8. The molecule has 1 atom stereocenters. The largest absolute Gasteiger partial charge is 0.481 e. The van der Waals surface area contributed by atoms with Crippen LogP contribution in [0.2, 0.25) is 0 Å². The first-order chi connectivity index (χ1) is 18.1. The van der Waals surface area contributed by atoms with E-state index < -0.39 is 5.92 Å². The second-order valence-electron chi connectivity index (χ2n) is 10.4. The molecule has 2 N–H and O–H groups in total. The molecule has 0 radical (unpaired) electrons. The molecule has 1 unspecified atom stereocenters. The van der Waals surface area contributed by atoms with Gasteiger partial charge >= 0.3 is 0 Å². The van der Waals surface area contributed by atoms with Crippen LogP contribution in [0.1, 0.15) is 50.9 Å². The van der Waals surface area contributed by atoms with E-state index in [9.17, 15) is 14.4 Å². The molecule has 5 rings (SSSR count). The van der Waals surface area contributed by atoms with Gasteiger partial charge in [0.05, 0.1) is 23.0 Å². The smallest absolute Gasteiger partial charge is 0.263 e. The molecular formula is C28H30N6O4.